The van der Waals surface area contributed by atoms with Gasteiger partial charge in [-0.3, -0.25) is 4.79 Å². The quantitative estimate of drug-likeness (QED) is 0.923. The minimum absolute atomic E-state index is 0.0865. The number of carboxylic acid groups (broad SMARTS) is 1. The highest BCUT2D eigenvalue weighted by Gasteiger charge is 2.26. The Bertz CT molecular complexity index is 527. The normalized spacial score (nSPS) is 17.1. The van der Waals surface area contributed by atoms with Gasteiger partial charge in [0.15, 0.2) is 0 Å². The van der Waals surface area contributed by atoms with E-state index in [4.69, 9.17) is 5.11 Å². The number of aromatic carboxylic acids is 1. The Morgan fingerprint density at radius 1 is 1.20 bits per heavy atom. The highest BCUT2D eigenvalue weighted by molar-refractivity contribution is 5.90. The highest BCUT2D eigenvalue weighted by Crippen LogP contribution is 2.23. The molecule has 110 valence electrons. The number of nitrogens with zero attached hydrogens (tertiary/aromatic N) is 2. The summed E-state index contributed by atoms with van der Waals surface area (Å²) in [6, 6.07) is 1.29. The molecule has 2 heterocycles. The summed E-state index contributed by atoms with van der Waals surface area (Å²) in [6.45, 7) is 7.08. The van der Waals surface area contributed by atoms with Gasteiger partial charge < -0.3 is 14.6 Å². The first-order valence-corrected chi connectivity index (χ1v) is 7.14. The molecule has 1 aromatic heterocycles. The first kappa shape index (κ1) is 14.6. The van der Waals surface area contributed by atoms with Crippen LogP contribution >= 0.6 is 0 Å². The molecule has 0 bridgehead atoms. The summed E-state index contributed by atoms with van der Waals surface area (Å²) in [6.07, 6.45) is 3.30. The molecule has 1 saturated heterocycles. The van der Waals surface area contributed by atoms with Gasteiger partial charge in [-0.25, -0.2) is 4.79 Å². The van der Waals surface area contributed by atoms with Gasteiger partial charge in [-0.05, 0) is 46.1 Å². The Balaban J connectivity index is 2.26. The van der Waals surface area contributed by atoms with Crippen LogP contribution in [0.15, 0.2) is 6.07 Å². The van der Waals surface area contributed by atoms with E-state index in [1.165, 1.54) is 6.42 Å². The van der Waals surface area contributed by atoms with E-state index in [1.807, 2.05) is 23.3 Å². The lowest BCUT2D eigenvalue weighted by Gasteiger charge is -2.30. The fraction of sp³-hybridized carbons (Fsp3) is 0.600. The smallest absolute Gasteiger partial charge is 0.337 e. The minimum atomic E-state index is -0.943. The standard InChI is InChI=1S/C15H22N2O3/c1-10-9-13(15(19)20)11(2)17(10)12(3)14(18)16-7-5-4-6-8-16/h9,12H,4-8H2,1-3H3,(H,19,20). The van der Waals surface area contributed by atoms with Crippen molar-refractivity contribution in [3.63, 3.8) is 0 Å². The number of carbonyl (C=O) groups excluding carboxylic acids is 1. The van der Waals surface area contributed by atoms with Crippen LogP contribution in [0.5, 0.6) is 0 Å². The van der Waals surface area contributed by atoms with Crippen LogP contribution in [-0.2, 0) is 4.79 Å². The van der Waals surface area contributed by atoms with Crippen molar-refractivity contribution in [2.75, 3.05) is 13.1 Å². The van der Waals surface area contributed by atoms with Gasteiger partial charge in [0.05, 0.1) is 5.56 Å². The zero-order valence-electron chi connectivity index (χ0n) is 12.3. The van der Waals surface area contributed by atoms with E-state index in [9.17, 15) is 9.59 Å². The zero-order valence-corrected chi connectivity index (χ0v) is 12.3. The SMILES string of the molecule is Cc1cc(C(=O)O)c(C)n1C(C)C(=O)N1CCCCC1. The largest absolute Gasteiger partial charge is 0.478 e. The Kier molecular flexibility index (Phi) is 4.16. The van der Waals surface area contributed by atoms with Gasteiger partial charge in [0.2, 0.25) is 5.91 Å². The number of carbonyl (C=O) groups is 2. The lowest BCUT2D eigenvalue weighted by atomic mass is 10.1. The Labute approximate surface area is 119 Å². The maximum absolute atomic E-state index is 12.5. The Hall–Kier alpha value is -1.78. The summed E-state index contributed by atoms with van der Waals surface area (Å²) in [7, 11) is 0. The van der Waals surface area contributed by atoms with Gasteiger partial charge in [0, 0.05) is 24.5 Å². The van der Waals surface area contributed by atoms with Crippen LogP contribution in [-0.4, -0.2) is 39.5 Å². The monoisotopic (exact) mass is 278 g/mol. The molecule has 1 N–H and O–H groups in total. The number of hydrogen-bond acceptors (Lipinski definition) is 2. The lowest BCUT2D eigenvalue weighted by molar-refractivity contribution is -0.135. The average Bonchev–Trinajstić information content (AvgIpc) is 2.73. The number of likely N-dealkylation sites (tertiary alicyclic amines) is 1. The first-order valence-electron chi connectivity index (χ1n) is 7.14. The van der Waals surface area contributed by atoms with Crippen molar-refractivity contribution in [3.8, 4) is 0 Å². The Morgan fingerprint density at radius 2 is 1.80 bits per heavy atom. The molecule has 1 unspecified atom stereocenters. The molecule has 0 radical (unpaired) electrons. The molecule has 1 amide bonds. The van der Waals surface area contributed by atoms with E-state index in [2.05, 4.69) is 0 Å². The second-order valence-corrected chi connectivity index (χ2v) is 5.52. The molecule has 1 aliphatic rings. The van der Waals surface area contributed by atoms with Crippen molar-refractivity contribution in [2.45, 2.75) is 46.1 Å². The molecule has 0 spiro atoms. The second kappa shape index (κ2) is 5.69. The van der Waals surface area contributed by atoms with Gasteiger partial charge in [0.25, 0.3) is 0 Å². The topological polar surface area (TPSA) is 62.5 Å². The van der Waals surface area contributed by atoms with Gasteiger partial charge in [-0.1, -0.05) is 0 Å². The third-order valence-electron chi connectivity index (χ3n) is 4.13. The molecule has 0 aliphatic carbocycles. The molecule has 1 atom stereocenters. The Morgan fingerprint density at radius 3 is 2.30 bits per heavy atom. The number of piperidine rings is 1. The minimum Gasteiger partial charge on any atom is -0.478 e. The number of aromatic nitrogens is 1. The van der Waals surface area contributed by atoms with Crippen molar-refractivity contribution in [1.82, 2.24) is 9.47 Å². The van der Waals surface area contributed by atoms with Crippen LogP contribution in [0, 0.1) is 13.8 Å². The molecule has 20 heavy (non-hydrogen) atoms. The van der Waals surface area contributed by atoms with Crippen molar-refractivity contribution in [1.29, 1.82) is 0 Å². The fourth-order valence-electron chi connectivity index (χ4n) is 3.08. The third kappa shape index (κ3) is 2.57. The van der Waals surface area contributed by atoms with Crippen LogP contribution in [0.3, 0.4) is 0 Å². The second-order valence-electron chi connectivity index (χ2n) is 5.52. The van der Waals surface area contributed by atoms with Gasteiger partial charge in [-0.15, -0.1) is 0 Å². The van der Waals surface area contributed by atoms with Crippen molar-refractivity contribution >= 4 is 11.9 Å². The predicted molar refractivity (Wildman–Crippen MR) is 76.0 cm³/mol. The fourth-order valence-corrected chi connectivity index (χ4v) is 3.08. The van der Waals surface area contributed by atoms with Crippen LogP contribution in [0.1, 0.15) is 54.0 Å². The van der Waals surface area contributed by atoms with E-state index in [0.29, 0.717) is 5.69 Å². The molecule has 1 fully saturated rings. The number of hydrogen-bond donors (Lipinski definition) is 1. The predicted octanol–water partition coefficient (Wildman–Crippen LogP) is 2.38. The molecule has 2 rings (SSSR count). The van der Waals surface area contributed by atoms with Gasteiger partial charge >= 0.3 is 5.97 Å². The molecule has 5 heteroatoms. The number of aryl methyl sites for hydroxylation is 1. The van der Waals surface area contributed by atoms with E-state index in [-0.39, 0.29) is 17.5 Å². The van der Waals surface area contributed by atoms with Gasteiger partial charge in [-0.2, -0.15) is 0 Å². The van der Waals surface area contributed by atoms with E-state index < -0.39 is 5.97 Å². The van der Waals surface area contributed by atoms with Crippen LogP contribution in [0.2, 0.25) is 0 Å². The van der Waals surface area contributed by atoms with Crippen molar-refractivity contribution in [3.05, 3.63) is 23.0 Å². The lowest BCUT2D eigenvalue weighted by Crippen LogP contribution is -2.40. The van der Waals surface area contributed by atoms with Crippen LogP contribution in [0.4, 0.5) is 0 Å². The summed E-state index contributed by atoms with van der Waals surface area (Å²) in [5.74, 6) is -0.856. The van der Waals surface area contributed by atoms with E-state index >= 15 is 0 Å². The number of carboxylic acids is 1. The molecule has 1 aliphatic heterocycles. The molecule has 1 aromatic rings. The molecular formula is C15H22N2O3. The summed E-state index contributed by atoms with van der Waals surface area (Å²) in [4.78, 5) is 25.6. The van der Waals surface area contributed by atoms with E-state index in [1.54, 1.807) is 13.0 Å². The number of rotatable bonds is 3. The van der Waals surface area contributed by atoms with Crippen LogP contribution in [0.25, 0.3) is 0 Å². The van der Waals surface area contributed by atoms with Gasteiger partial charge in [0.1, 0.15) is 6.04 Å². The molecular weight excluding hydrogens is 256 g/mol. The summed E-state index contributed by atoms with van der Waals surface area (Å²) in [5, 5.41) is 9.16. The average molecular weight is 278 g/mol. The molecule has 0 aromatic carbocycles. The summed E-state index contributed by atoms with van der Waals surface area (Å²) < 4.78 is 1.83. The van der Waals surface area contributed by atoms with E-state index in [0.717, 1.165) is 31.6 Å². The molecule has 0 saturated carbocycles. The zero-order chi connectivity index (χ0) is 14.9. The maximum atomic E-state index is 12.5. The van der Waals surface area contributed by atoms with Crippen LogP contribution < -0.4 is 0 Å². The third-order valence-corrected chi connectivity index (χ3v) is 4.13. The summed E-state index contributed by atoms with van der Waals surface area (Å²) in [5.41, 5.74) is 1.74. The first-order chi connectivity index (χ1) is 9.43. The van der Waals surface area contributed by atoms with Crippen molar-refractivity contribution < 1.29 is 14.7 Å². The summed E-state index contributed by atoms with van der Waals surface area (Å²) >= 11 is 0. The maximum Gasteiger partial charge on any atom is 0.337 e. The number of amides is 1. The van der Waals surface area contributed by atoms with Crippen molar-refractivity contribution in [2.24, 2.45) is 0 Å². The highest BCUT2D eigenvalue weighted by atomic mass is 16.4. The molecule has 5 nitrogen and oxygen atoms in total.